The molecule has 8 nitrogen and oxygen atoms in total. The fourth-order valence-electron chi connectivity index (χ4n) is 2.43. The number of hydrogen-bond acceptors (Lipinski definition) is 6. The number of carbonyl (C=O) groups is 2. The normalized spacial score (nSPS) is 10.6. The number of anilines is 1. The summed E-state index contributed by atoms with van der Waals surface area (Å²) in [4.78, 5) is 24.1. The number of carbonyl (C=O) groups excluding carboxylic acids is 2. The maximum atomic E-state index is 12.0. The predicted molar refractivity (Wildman–Crippen MR) is 112 cm³/mol. The van der Waals surface area contributed by atoms with Crippen LogP contribution in [-0.2, 0) is 14.3 Å². The third kappa shape index (κ3) is 6.96. The SMILES string of the molecule is COCCNC(=O)/C(C#N)=C/c1ccc(OCC(=O)Nc2ccccc2)c(OC)c1. The maximum absolute atomic E-state index is 12.0. The Bertz CT molecular complexity index is 936. The Labute approximate surface area is 175 Å². The minimum atomic E-state index is -0.494. The van der Waals surface area contributed by atoms with Crippen LogP contribution in [0.1, 0.15) is 5.56 Å². The molecule has 0 bridgehead atoms. The van der Waals surface area contributed by atoms with Crippen LogP contribution in [0.5, 0.6) is 11.5 Å². The lowest BCUT2D eigenvalue weighted by atomic mass is 10.1. The molecule has 156 valence electrons. The highest BCUT2D eigenvalue weighted by Crippen LogP contribution is 2.29. The minimum absolute atomic E-state index is 0.0518. The van der Waals surface area contributed by atoms with Gasteiger partial charge < -0.3 is 24.8 Å². The van der Waals surface area contributed by atoms with E-state index in [4.69, 9.17) is 14.2 Å². The molecule has 0 heterocycles. The Morgan fingerprint density at radius 1 is 1.10 bits per heavy atom. The van der Waals surface area contributed by atoms with Crippen molar-refractivity contribution in [1.29, 1.82) is 5.26 Å². The molecule has 8 heteroatoms. The molecule has 0 saturated heterocycles. The standard InChI is InChI=1S/C22H23N3O5/c1-28-11-10-24-22(27)17(14-23)12-16-8-9-19(20(13-16)29-2)30-15-21(26)25-18-6-4-3-5-7-18/h3-9,12-13H,10-11,15H2,1-2H3,(H,24,27)(H,25,26)/b17-12+. The lowest BCUT2D eigenvalue weighted by molar-refractivity contribution is -0.118. The van der Waals surface area contributed by atoms with Crippen LogP contribution >= 0.6 is 0 Å². The van der Waals surface area contributed by atoms with E-state index in [1.54, 1.807) is 30.3 Å². The first-order valence-electron chi connectivity index (χ1n) is 9.12. The Morgan fingerprint density at radius 2 is 1.87 bits per heavy atom. The summed E-state index contributed by atoms with van der Waals surface area (Å²) in [5.41, 5.74) is 1.20. The summed E-state index contributed by atoms with van der Waals surface area (Å²) in [5, 5.41) is 14.6. The van der Waals surface area contributed by atoms with Crippen molar-refractivity contribution >= 4 is 23.6 Å². The van der Waals surface area contributed by atoms with Crippen molar-refractivity contribution in [2.75, 3.05) is 39.3 Å². The van der Waals surface area contributed by atoms with Gasteiger partial charge in [-0.2, -0.15) is 5.26 Å². The molecule has 0 aliphatic carbocycles. The molecule has 2 N–H and O–H groups in total. The van der Waals surface area contributed by atoms with Crippen molar-refractivity contribution < 1.29 is 23.8 Å². The molecule has 0 atom stereocenters. The fraction of sp³-hybridized carbons (Fsp3) is 0.227. The number of hydrogen-bond donors (Lipinski definition) is 2. The third-order valence-corrected chi connectivity index (χ3v) is 3.87. The molecule has 2 rings (SSSR count). The van der Waals surface area contributed by atoms with E-state index in [1.807, 2.05) is 24.3 Å². The molecule has 0 unspecified atom stereocenters. The molecule has 0 spiro atoms. The van der Waals surface area contributed by atoms with Crippen LogP contribution in [0.4, 0.5) is 5.69 Å². The van der Waals surface area contributed by atoms with E-state index in [0.717, 1.165) is 0 Å². The van der Waals surface area contributed by atoms with E-state index < -0.39 is 5.91 Å². The monoisotopic (exact) mass is 409 g/mol. The summed E-state index contributed by atoms with van der Waals surface area (Å²) in [6, 6.07) is 15.8. The molecule has 0 aliphatic heterocycles. The van der Waals surface area contributed by atoms with Gasteiger partial charge in [-0.1, -0.05) is 24.3 Å². The van der Waals surface area contributed by atoms with Crippen molar-refractivity contribution in [3.8, 4) is 17.6 Å². The topological polar surface area (TPSA) is 110 Å². The van der Waals surface area contributed by atoms with Gasteiger partial charge in [0.15, 0.2) is 18.1 Å². The Kier molecular flexibility index (Phi) is 8.90. The number of rotatable bonds is 10. The molecule has 0 aliphatic rings. The van der Waals surface area contributed by atoms with Gasteiger partial charge in [-0.15, -0.1) is 0 Å². The van der Waals surface area contributed by atoms with Crippen LogP contribution < -0.4 is 20.1 Å². The zero-order valence-electron chi connectivity index (χ0n) is 16.8. The number of ether oxygens (including phenoxy) is 3. The molecule has 2 aromatic rings. The van der Waals surface area contributed by atoms with E-state index >= 15 is 0 Å². The van der Waals surface area contributed by atoms with Crippen molar-refractivity contribution in [3.63, 3.8) is 0 Å². The van der Waals surface area contributed by atoms with Gasteiger partial charge in [0, 0.05) is 19.3 Å². The van der Waals surface area contributed by atoms with Gasteiger partial charge in [-0.25, -0.2) is 0 Å². The Morgan fingerprint density at radius 3 is 2.53 bits per heavy atom. The molecular formula is C22H23N3O5. The van der Waals surface area contributed by atoms with Crippen molar-refractivity contribution in [2.24, 2.45) is 0 Å². The van der Waals surface area contributed by atoms with Crippen LogP contribution in [-0.4, -0.2) is 45.8 Å². The molecule has 0 radical (unpaired) electrons. The summed E-state index contributed by atoms with van der Waals surface area (Å²) in [6.45, 7) is 0.448. The largest absolute Gasteiger partial charge is 0.493 e. The summed E-state index contributed by atoms with van der Waals surface area (Å²) < 4.78 is 15.7. The molecule has 0 saturated carbocycles. The first-order valence-corrected chi connectivity index (χ1v) is 9.12. The molecule has 0 aromatic heterocycles. The highest BCUT2D eigenvalue weighted by molar-refractivity contribution is 6.01. The number of amides is 2. The van der Waals surface area contributed by atoms with Crippen LogP contribution in [0.15, 0.2) is 54.1 Å². The van der Waals surface area contributed by atoms with Crippen LogP contribution in [0.3, 0.4) is 0 Å². The third-order valence-electron chi connectivity index (χ3n) is 3.87. The zero-order valence-corrected chi connectivity index (χ0v) is 16.8. The number of benzene rings is 2. The van der Waals surface area contributed by atoms with E-state index in [9.17, 15) is 14.9 Å². The molecule has 2 aromatic carbocycles. The summed E-state index contributed by atoms with van der Waals surface area (Å²) in [5.74, 6) is -0.0765. The second-order valence-electron chi connectivity index (χ2n) is 6.03. The van der Waals surface area contributed by atoms with Gasteiger partial charge in [0.05, 0.1) is 13.7 Å². The molecule has 30 heavy (non-hydrogen) atoms. The Balaban J connectivity index is 2.03. The van der Waals surface area contributed by atoms with Crippen molar-refractivity contribution in [3.05, 3.63) is 59.7 Å². The average Bonchev–Trinajstić information content (AvgIpc) is 2.77. The summed E-state index contributed by atoms with van der Waals surface area (Å²) >= 11 is 0. The fourth-order valence-corrected chi connectivity index (χ4v) is 2.43. The van der Waals surface area contributed by atoms with E-state index in [0.29, 0.717) is 35.9 Å². The molecule has 0 fully saturated rings. The number of nitrogens with zero attached hydrogens (tertiary/aromatic N) is 1. The maximum Gasteiger partial charge on any atom is 0.262 e. The lowest BCUT2D eigenvalue weighted by Crippen LogP contribution is -2.27. The van der Waals surface area contributed by atoms with E-state index in [2.05, 4.69) is 10.6 Å². The minimum Gasteiger partial charge on any atom is -0.493 e. The smallest absolute Gasteiger partial charge is 0.262 e. The van der Waals surface area contributed by atoms with Crippen LogP contribution in [0.2, 0.25) is 0 Å². The predicted octanol–water partition coefficient (Wildman–Crippen LogP) is 2.38. The molecular weight excluding hydrogens is 386 g/mol. The van der Waals surface area contributed by atoms with Crippen LogP contribution in [0.25, 0.3) is 6.08 Å². The van der Waals surface area contributed by atoms with Crippen molar-refractivity contribution in [2.45, 2.75) is 0 Å². The number of nitriles is 1. The van der Waals surface area contributed by atoms with Gasteiger partial charge in [0.25, 0.3) is 11.8 Å². The first-order chi connectivity index (χ1) is 14.6. The van der Waals surface area contributed by atoms with Gasteiger partial charge in [0.2, 0.25) is 0 Å². The summed E-state index contributed by atoms with van der Waals surface area (Å²) in [7, 11) is 2.98. The van der Waals surface area contributed by atoms with E-state index in [1.165, 1.54) is 20.3 Å². The average molecular weight is 409 g/mol. The van der Waals surface area contributed by atoms with Gasteiger partial charge in [0.1, 0.15) is 11.6 Å². The van der Waals surface area contributed by atoms with Gasteiger partial charge in [-0.05, 0) is 35.9 Å². The van der Waals surface area contributed by atoms with E-state index in [-0.39, 0.29) is 18.1 Å². The second-order valence-corrected chi connectivity index (χ2v) is 6.03. The van der Waals surface area contributed by atoms with Gasteiger partial charge in [-0.3, -0.25) is 9.59 Å². The van der Waals surface area contributed by atoms with Crippen LogP contribution in [0, 0.1) is 11.3 Å². The quantitative estimate of drug-likeness (QED) is 0.354. The van der Waals surface area contributed by atoms with Crippen molar-refractivity contribution in [1.82, 2.24) is 5.32 Å². The highest BCUT2D eigenvalue weighted by Gasteiger charge is 2.11. The number of para-hydroxylation sites is 1. The molecule has 2 amide bonds. The highest BCUT2D eigenvalue weighted by atomic mass is 16.5. The second kappa shape index (κ2) is 11.9. The lowest BCUT2D eigenvalue weighted by Gasteiger charge is -2.12. The first kappa shape index (κ1) is 22.5. The summed E-state index contributed by atoms with van der Waals surface area (Å²) in [6.07, 6.45) is 1.44. The number of nitrogens with one attached hydrogen (secondary N) is 2. The van der Waals surface area contributed by atoms with Gasteiger partial charge >= 0.3 is 0 Å². The Hall–Kier alpha value is -3.83. The number of methoxy groups -OCH3 is 2. The zero-order chi connectivity index (χ0) is 21.8.